The van der Waals surface area contributed by atoms with Crippen molar-refractivity contribution in [2.24, 2.45) is 5.92 Å². The molecule has 0 saturated carbocycles. The zero-order chi connectivity index (χ0) is 17.3. The highest BCUT2D eigenvalue weighted by Crippen LogP contribution is 2.41. The Morgan fingerprint density at radius 2 is 2.12 bits per heavy atom. The van der Waals surface area contributed by atoms with Crippen molar-refractivity contribution in [3.8, 4) is 6.07 Å². The molecule has 0 amide bonds. The van der Waals surface area contributed by atoms with Crippen LogP contribution < -0.4 is 0 Å². The summed E-state index contributed by atoms with van der Waals surface area (Å²) in [5, 5.41) is 32.1. The normalized spacial score (nSPS) is 20.4. The Hall–Kier alpha value is -3.54. The van der Waals surface area contributed by atoms with E-state index in [2.05, 4.69) is 16.2 Å². The summed E-state index contributed by atoms with van der Waals surface area (Å²) in [4.78, 5) is 13.8. The fraction of sp³-hybridized carbons (Fsp3) is 0.200. The Bertz CT molecular complexity index is 880. The maximum Gasteiger partial charge on any atom is 0.491 e. The summed E-state index contributed by atoms with van der Waals surface area (Å²) in [6, 6.07) is 11.2. The van der Waals surface area contributed by atoms with E-state index in [1.54, 1.807) is 6.92 Å². The first kappa shape index (κ1) is 15.4. The molecule has 0 saturated heterocycles. The van der Waals surface area contributed by atoms with Crippen LogP contribution >= 0.6 is 0 Å². The van der Waals surface area contributed by atoms with Gasteiger partial charge in [0.2, 0.25) is 12.2 Å². The molecule has 1 N–H and O–H groups in total. The molecule has 3 rings (SSSR count). The summed E-state index contributed by atoms with van der Waals surface area (Å²) in [5.74, 6) is -1.77. The number of nitrogens with one attached hydrogen (secondary N) is 1. The Labute approximate surface area is 136 Å². The molecule has 0 aliphatic carbocycles. The van der Waals surface area contributed by atoms with Gasteiger partial charge in [-0.2, -0.15) is 5.26 Å². The first-order valence-electron chi connectivity index (χ1n) is 7.01. The van der Waals surface area contributed by atoms with Crippen molar-refractivity contribution >= 4 is 17.5 Å². The van der Waals surface area contributed by atoms with Crippen molar-refractivity contribution in [2.75, 3.05) is 0 Å². The molecule has 1 aromatic carbocycles. The Balaban J connectivity index is 2.18. The fourth-order valence-electron chi connectivity index (χ4n) is 2.71. The Kier molecular flexibility index (Phi) is 3.79. The molecule has 2 atom stereocenters. The van der Waals surface area contributed by atoms with Gasteiger partial charge in [-0.15, -0.1) is 4.68 Å². The summed E-state index contributed by atoms with van der Waals surface area (Å²) in [6.45, 7) is 1.63. The number of hydrogen-bond donors (Lipinski definition) is 1. The minimum atomic E-state index is -0.866. The standard InChI is InChI=1S/C15H12N6O3/c1-9-13(20-8-18-15(19-20)21(22)23)12(10-5-3-2-4-6-10)11(7-16)14(17)24-9/h2-6,8,11-12,17H,1H3. The van der Waals surface area contributed by atoms with Crippen LogP contribution in [0.4, 0.5) is 5.95 Å². The number of rotatable bonds is 3. The molecule has 0 fully saturated rings. The second-order valence-corrected chi connectivity index (χ2v) is 5.15. The van der Waals surface area contributed by atoms with Crippen LogP contribution in [0.3, 0.4) is 0 Å². The van der Waals surface area contributed by atoms with Crippen LogP contribution in [0.1, 0.15) is 18.4 Å². The molecule has 9 heteroatoms. The lowest BCUT2D eigenvalue weighted by Gasteiger charge is -2.30. The van der Waals surface area contributed by atoms with Gasteiger partial charge in [0.1, 0.15) is 17.4 Å². The number of nitrogens with zero attached hydrogens (tertiary/aromatic N) is 5. The molecule has 2 aromatic rings. The van der Waals surface area contributed by atoms with Crippen LogP contribution in [-0.4, -0.2) is 25.6 Å². The molecule has 1 aliphatic heterocycles. The molecule has 0 bridgehead atoms. The van der Waals surface area contributed by atoms with Gasteiger partial charge < -0.3 is 14.9 Å². The van der Waals surface area contributed by atoms with E-state index in [-0.39, 0.29) is 5.90 Å². The van der Waals surface area contributed by atoms with Crippen LogP contribution in [-0.2, 0) is 4.74 Å². The number of hydrogen-bond acceptors (Lipinski definition) is 7. The number of nitro groups is 1. The van der Waals surface area contributed by atoms with Gasteiger partial charge in [0.15, 0.2) is 0 Å². The third-order valence-corrected chi connectivity index (χ3v) is 3.72. The maximum absolute atomic E-state index is 10.8. The smallest absolute Gasteiger partial charge is 0.445 e. The number of benzene rings is 1. The van der Waals surface area contributed by atoms with Crippen LogP contribution in [0.15, 0.2) is 42.4 Å². The van der Waals surface area contributed by atoms with E-state index < -0.39 is 22.7 Å². The van der Waals surface area contributed by atoms with E-state index >= 15 is 0 Å². The minimum absolute atomic E-state index is 0.165. The third kappa shape index (κ3) is 2.50. The van der Waals surface area contributed by atoms with E-state index in [4.69, 9.17) is 10.1 Å². The predicted octanol–water partition coefficient (Wildman–Crippen LogP) is 2.31. The first-order valence-corrected chi connectivity index (χ1v) is 7.01. The van der Waals surface area contributed by atoms with Gasteiger partial charge in [-0.05, 0) is 17.4 Å². The number of allylic oxidation sites excluding steroid dienone is 2. The lowest BCUT2D eigenvalue weighted by molar-refractivity contribution is -0.394. The van der Waals surface area contributed by atoms with Gasteiger partial charge in [-0.3, -0.25) is 5.41 Å². The largest absolute Gasteiger partial charge is 0.491 e. The van der Waals surface area contributed by atoms with Crippen LogP contribution in [0.2, 0.25) is 0 Å². The van der Waals surface area contributed by atoms with Crippen molar-refractivity contribution < 1.29 is 9.66 Å². The van der Waals surface area contributed by atoms with Gasteiger partial charge in [0.25, 0.3) is 0 Å². The molecule has 9 nitrogen and oxygen atoms in total. The lowest BCUT2D eigenvalue weighted by Crippen LogP contribution is -2.31. The SMILES string of the molecule is CC1=C(n2cnc([N+](=O)[O-])n2)C(c2ccccc2)C(C#N)C(=N)O1. The van der Waals surface area contributed by atoms with Crippen LogP contribution in [0.5, 0.6) is 0 Å². The Morgan fingerprint density at radius 3 is 2.71 bits per heavy atom. The zero-order valence-corrected chi connectivity index (χ0v) is 12.6. The highest BCUT2D eigenvalue weighted by Gasteiger charge is 2.40. The molecule has 0 radical (unpaired) electrons. The van der Waals surface area contributed by atoms with Crippen molar-refractivity contribution in [2.45, 2.75) is 12.8 Å². The van der Waals surface area contributed by atoms with E-state index in [0.717, 1.165) is 5.56 Å². The quantitative estimate of drug-likeness (QED) is 0.680. The summed E-state index contributed by atoms with van der Waals surface area (Å²) in [5.41, 5.74) is 1.23. The average molecular weight is 324 g/mol. The Morgan fingerprint density at radius 1 is 1.42 bits per heavy atom. The maximum atomic E-state index is 10.8. The topological polar surface area (TPSA) is 131 Å². The molecule has 0 spiro atoms. The highest BCUT2D eigenvalue weighted by atomic mass is 16.6. The monoisotopic (exact) mass is 324 g/mol. The van der Waals surface area contributed by atoms with Crippen molar-refractivity contribution in [1.29, 1.82) is 10.7 Å². The second kappa shape index (κ2) is 5.92. The molecule has 2 unspecified atom stereocenters. The van der Waals surface area contributed by atoms with E-state index in [0.29, 0.717) is 11.5 Å². The van der Waals surface area contributed by atoms with Crippen molar-refractivity contribution in [1.82, 2.24) is 14.8 Å². The molecular weight excluding hydrogens is 312 g/mol. The van der Waals surface area contributed by atoms with Gasteiger partial charge in [0, 0.05) is 5.10 Å². The summed E-state index contributed by atoms with van der Waals surface area (Å²) >= 11 is 0. The third-order valence-electron chi connectivity index (χ3n) is 3.72. The van der Waals surface area contributed by atoms with Crippen LogP contribution in [0.25, 0.3) is 5.70 Å². The van der Waals surface area contributed by atoms with Gasteiger partial charge >= 0.3 is 5.95 Å². The summed E-state index contributed by atoms with van der Waals surface area (Å²) in [6.07, 6.45) is 1.21. The predicted molar refractivity (Wildman–Crippen MR) is 82.7 cm³/mol. The average Bonchev–Trinajstić information content (AvgIpc) is 3.05. The highest BCUT2D eigenvalue weighted by molar-refractivity contribution is 5.86. The molecular formula is C15H12N6O3. The number of aromatic nitrogens is 3. The lowest BCUT2D eigenvalue weighted by atomic mass is 9.82. The molecule has 2 heterocycles. The fourth-order valence-corrected chi connectivity index (χ4v) is 2.71. The van der Waals surface area contributed by atoms with Crippen molar-refractivity contribution in [3.05, 3.63) is 58.1 Å². The van der Waals surface area contributed by atoms with Crippen molar-refractivity contribution in [3.63, 3.8) is 0 Å². The number of ether oxygens (including phenoxy) is 1. The summed E-state index contributed by atoms with van der Waals surface area (Å²) in [7, 11) is 0. The van der Waals surface area contributed by atoms with E-state index in [1.165, 1.54) is 11.0 Å². The first-order chi connectivity index (χ1) is 11.5. The van der Waals surface area contributed by atoms with E-state index in [1.807, 2.05) is 30.3 Å². The number of nitriles is 1. The zero-order valence-electron chi connectivity index (χ0n) is 12.6. The molecule has 1 aliphatic rings. The van der Waals surface area contributed by atoms with Gasteiger partial charge in [-0.1, -0.05) is 35.3 Å². The molecule has 120 valence electrons. The van der Waals surface area contributed by atoms with Gasteiger partial charge in [-0.25, -0.2) is 0 Å². The second-order valence-electron chi connectivity index (χ2n) is 5.15. The summed E-state index contributed by atoms with van der Waals surface area (Å²) < 4.78 is 6.60. The molecule has 24 heavy (non-hydrogen) atoms. The van der Waals surface area contributed by atoms with E-state index in [9.17, 15) is 15.4 Å². The van der Waals surface area contributed by atoms with Crippen LogP contribution in [0, 0.1) is 32.8 Å². The minimum Gasteiger partial charge on any atom is -0.445 e. The molecule has 1 aromatic heterocycles. The van der Waals surface area contributed by atoms with Gasteiger partial charge in [0.05, 0.1) is 12.0 Å².